The molecule has 2 nitrogen and oxygen atoms in total. The minimum atomic E-state index is 0.0344. The van der Waals surface area contributed by atoms with Gasteiger partial charge in [0.1, 0.15) is 5.37 Å². The summed E-state index contributed by atoms with van der Waals surface area (Å²) in [5.74, 6) is 0.632. The molecule has 19 heavy (non-hydrogen) atoms. The van der Waals surface area contributed by atoms with Crippen LogP contribution in [0, 0.1) is 0 Å². The molecule has 0 N–H and O–H groups in total. The Morgan fingerprint density at radius 1 is 1.11 bits per heavy atom. The van der Waals surface area contributed by atoms with Gasteiger partial charge in [0.05, 0.1) is 5.75 Å². The second-order valence-corrected chi connectivity index (χ2v) is 5.82. The number of hydrogen-bond acceptors (Lipinski definition) is 2. The van der Waals surface area contributed by atoms with Crippen LogP contribution in [0.3, 0.4) is 0 Å². The van der Waals surface area contributed by atoms with E-state index in [-0.39, 0.29) is 11.3 Å². The maximum atomic E-state index is 12.1. The minimum Gasteiger partial charge on any atom is -0.295 e. The summed E-state index contributed by atoms with van der Waals surface area (Å²) in [5, 5.41) is 0.682. The third-order valence-corrected chi connectivity index (χ3v) is 4.49. The molecule has 1 saturated heterocycles. The van der Waals surface area contributed by atoms with E-state index in [1.54, 1.807) is 11.8 Å². The number of halogens is 1. The van der Waals surface area contributed by atoms with Gasteiger partial charge in [-0.3, -0.25) is 9.69 Å². The summed E-state index contributed by atoms with van der Waals surface area (Å²) in [7, 11) is 0. The number of nitrogens with zero attached hydrogens (tertiary/aromatic N) is 1. The van der Waals surface area contributed by atoms with E-state index < -0.39 is 0 Å². The first-order valence-corrected chi connectivity index (χ1v) is 7.42. The van der Waals surface area contributed by atoms with Gasteiger partial charge in [0.25, 0.3) is 0 Å². The van der Waals surface area contributed by atoms with Crippen LogP contribution in [0.1, 0.15) is 10.9 Å². The molecule has 4 heteroatoms. The zero-order chi connectivity index (χ0) is 13.2. The zero-order valence-corrected chi connectivity index (χ0v) is 11.7. The first kappa shape index (κ1) is 12.6. The number of amides is 1. The highest BCUT2D eigenvalue weighted by Crippen LogP contribution is 2.41. The fourth-order valence-corrected chi connectivity index (χ4v) is 3.56. The fraction of sp³-hybridized carbons (Fsp3) is 0.133. The number of benzene rings is 2. The summed E-state index contributed by atoms with van der Waals surface area (Å²) in [6, 6.07) is 17.5. The molecule has 0 saturated carbocycles. The quantitative estimate of drug-likeness (QED) is 0.829. The number of thioether (sulfide) groups is 1. The second-order valence-electron chi connectivity index (χ2n) is 4.32. The predicted octanol–water partition coefficient (Wildman–Crippen LogP) is 4.12. The van der Waals surface area contributed by atoms with Crippen LogP contribution in [0.5, 0.6) is 0 Å². The van der Waals surface area contributed by atoms with Gasteiger partial charge in [-0.15, -0.1) is 11.8 Å². The van der Waals surface area contributed by atoms with Crippen molar-refractivity contribution in [3.05, 3.63) is 65.2 Å². The molecule has 1 atom stereocenters. The molecule has 1 fully saturated rings. The molecule has 1 aliphatic heterocycles. The fourth-order valence-electron chi connectivity index (χ4n) is 2.19. The van der Waals surface area contributed by atoms with Crippen LogP contribution in [0.2, 0.25) is 5.02 Å². The first-order valence-electron chi connectivity index (χ1n) is 6.00. The van der Waals surface area contributed by atoms with Gasteiger partial charge in [-0.1, -0.05) is 48.0 Å². The van der Waals surface area contributed by atoms with Crippen LogP contribution in [-0.4, -0.2) is 11.7 Å². The highest BCUT2D eigenvalue weighted by atomic mass is 35.5. The van der Waals surface area contributed by atoms with Crippen LogP contribution >= 0.6 is 23.4 Å². The van der Waals surface area contributed by atoms with Gasteiger partial charge in [0.15, 0.2) is 0 Å². The van der Waals surface area contributed by atoms with Crippen LogP contribution in [0.4, 0.5) is 5.69 Å². The van der Waals surface area contributed by atoms with E-state index >= 15 is 0 Å². The molecule has 3 rings (SSSR count). The Hall–Kier alpha value is -1.45. The standard InChI is InChI=1S/C15H12ClNOS/c16-12-7-4-8-13(9-12)17-14(18)10-19-15(17)11-5-2-1-3-6-11/h1-9,15H,10H2/t15-/m0/s1. The van der Waals surface area contributed by atoms with E-state index in [4.69, 9.17) is 11.6 Å². The maximum absolute atomic E-state index is 12.1. The van der Waals surface area contributed by atoms with E-state index in [2.05, 4.69) is 0 Å². The van der Waals surface area contributed by atoms with Crippen molar-refractivity contribution in [2.24, 2.45) is 0 Å². The number of carbonyl (C=O) groups is 1. The van der Waals surface area contributed by atoms with Gasteiger partial charge in [0, 0.05) is 10.7 Å². The summed E-state index contributed by atoms with van der Waals surface area (Å²) in [4.78, 5) is 14.0. The maximum Gasteiger partial charge on any atom is 0.238 e. The molecule has 0 unspecified atom stereocenters. The predicted molar refractivity (Wildman–Crippen MR) is 80.6 cm³/mol. The summed E-state index contributed by atoms with van der Waals surface area (Å²) >= 11 is 7.67. The first-order chi connectivity index (χ1) is 9.25. The van der Waals surface area contributed by atoms with E-state index in [0.717, 1.165) is 11.3 Å². The van der Waals surface area contributed by atoms with E-state index in [9.17, 15) is 4.79 Å². The van der Waals surface area contributed by atoms with Crippen LogP contribution < -0.4 is 4.90 Å². The molecule has 1 aliphatic rings. The van der Waals surface area contributed by atoms with Crippen LogP contribution in [0.25, 0.3) is 0 Å². The molecule has 2 aromatic rings. The van der Waals surface area contributed by atoms with Crippen molar-refractivity contribution >= 4 is 35.0 Å². The molecule has 1 amide bonds. The Morgan fingerprint density at radius 2 is 1.89 bits per heavy atom. The Balaban J connectivity index is 2.00. The van der Waals surface area contributed by atoms with Crippen LogP contribution in [-0.2, 0) is 4.79 Å². The van der Waals surface area contributed by atoms with Crippen LogP contribution in [0.15, 0.2) is 54.6 Å². The molecular weight excluding hydrogens is 278 g/mol. The molecular formula is C15H12ClNOS. The Bertz CT molecular complexity index is 602. The van der Waals surface area contributed by atoms with Crippen molar-refractivity contribution in [3.8, 4) is 0 Å². The smallest absolute Gasteiger partial charge is 0.238 e. The molecule has 0 spiro atoms. The summed E-state index contributed by atoms with van der Waals surface area (Å²) in [6.07, 6.45) is 0. The monoisotopic (exact) mass is 289 g/mol. The van der Waals surface area contributed by atoms with Crippen molar-refractivity contribution < 1.29 is 4.79 Å². The van der Waals surface area contributed by atoms with E-state index in [1.807, 2.05) is 59.5 Å². The molecule has 0 radical (unpaired) electrons. The Kier molecular flexibility index (Phi) is 3.49. The van der Waals surface area contributed by atoms with Gasteiger partial charge >= 0.3 is 0 Å². The summed E-state index contributed by atoms with van der Waals surface area (Å²) in [5.41, 5.74) is 2.00. The average Bonchev–Trinajstić information content (AvgIpc) is 2.82. The topological polar surface area (TPSA) is 20.3 Å². The largest absolute Gasteiger partial charge is 0.295 e. The minimum absolute atomic E-state index is 0.0344. The molecule has 96 valence electrons. The van der Waals surface area contributed by atoms with Crippen molar-refractivity contribution in [2.45, 2.75) is 5.37 Å². The van der Waals surface area contributed by atoms with E-state index in [0.29, 0.717) is 10.8 Å². The molecule has 1 heterocycles. The van der Waals surface area contributed by atoms with Crippen molar-refractivity contribution in [3.63, 3.8) is 0 Å². The normalized spacial score (nSPS) is 18.9. The van der Waals surface area contributed by atoms with Gasteiger partial charge in [-0.25, -0.2) is 0 Å². The second kappa shape index (κ2) is 5.27. The van der Waals surface area contributed by atoms with Gasteiger partial charge in [0.2, 0.25) is 5.91 Å². The third kappa shape index (κ3) is 2.48. The van der Waals surface area contributed by atoms with E-state index in [1.165, 1.54) is 0 Å². The Morgan fingerprint density at radius 3 is 2.63 bits per heavy atom. The SMILES string of the molecule is O=C1CS[C@@H](c2ccccc2)N1c1cccc(Cl)c1. The van der Waals surface area contributed by atoms with Crippen molar-refractivity contribution in [1.82, 2.24) is 0 Å². The lowest BCUT2D eigenvalue weighted by Gasteiger charge is -2.24. The summed E-state index contributed by atoms with van der Waals surface area (Å²) < 4.78 is 0. The number of anilines is 1. The lowest BCUT2D eigenvalue weighted by atomic mass is 10.2. The van der Waals surface area contributed by atoms with Gasteiger partial charge < -0.3 is 0 Å². The highest BCUT2D eigenvalue weighted by Gasteiger charge is 2.33. The molecule has 0 aromatic heterocycles. The lowest BCUT2D eigenvalue weighted by molar-refractivity contribution is -0.115. The number of rotatable bonds is 2. The number of hydrogen-bond donors (Lipinski definition) is 0. The third-order valence-electron chi connectivity index (χ3n) is 3.04. The lowest BCUT2D eigenvalue weighted by Crippen LogP contribution is -2.27. The van der Waals surface area contributed by atoms with Crippen molar-refractivity contribution in [2.75, 3.05) is 10.7 Å². The summed E-state index contributed by atoms with van der Waals surface area (Å²) in [6.45, 7) is 0. The molecule has 0 bridgehead atoms. The van der Waals surface area contributed by atoms with Gasteiger partial charge in [-0.2, -0.15) is 0 Å². The van der Waals surface area contributed by atoms with Gasteiger partial charge in [-0.05, 0) is 23.8 Å². The number of carbonyl (C=O) groups excluding carboxylic acids is 1. The Labute approximate surface area is 121 Å². The molecule has 2 aromatic carbocycles. The van der Waals surface area contributed by atoms with Crippen molar-refractivity contribution in [1.29, 1.82) is 0 Å². The average molecular weight is 290 g/mol. The zero-order valence-electron chi connectivity index (χ0n) is 10.1. The highest BCUT2D eigenvalue weighted by molar-refractivity contribution is 8.00. The molecule has 0 aliphatic carbocycles.